The minimum absolute atomic E-state index is 0.102. The van der Waals surface area contributed by atoms with Gasteiger partial charge in [-0.25, -0.2) is 4.39 Å². The van der Waals surface area contributed by atoms with Crippen LogP contribution in [0.5, 0.6) is 5.75 Å². The van der Waals surface area contributed by atoms with E-state index in [1.54, 1.807) is 12.1 Å². The van der Waals surface area contributed by atoms with Crippen LogP contribution in [0, 0.1) is 5.82 Å². The number of hydrogen-bond donors (Lipinski definition) is 1. The van der Waals surface area contributed by atoms with E-state index in [1.165, 1.54) is 12.1 Å². The topological polar surface area (TPSA) is 47.6 Å². The lowest BCUT2D eigenvalue weighted by molar-refractivity contribution is -0.130. The average molecular weight is 253 g/mol. The fraction of sp³-hybridized carbons (Fsp3) is 0.462. The lowest BCUT2D eigenvalue weighted by Crippen LogP contribution is -2.36. The van der Waals surface area contributed by atoms with E-state index in [-0.39, 0.29) is 17.8 Å². The van der Waals surface area contributed by atoms with Gasteiger partial charge in [0.15, 0.2) is 0 Å². The Hall–Kier alpha value is -1.62. The minimum Gasteiger partial charge on any atom is -0.492 e. The van der Waals surface area contributed by atoms with Gasteiger partial charge < -0.3 is 14.8 Å². The maximum Gasteiger partial charge on any atom is 0.249 e. The summed E-state index contributed by atoms with van der Waals surface area (Å²) in [5.74, 6) is 0.0209. The van der Waals surface area contributed by atoms with Gasteiger partial charge >= 0.3 is 0 Å². The molecule has 18 heavy (non-hydrogen) atoms. The van der Waals surface area contributed by atoms with Crippen molar-refractivity contribution in [2.45, 2.75) is 18.9 Å². The number of carbonyl (C=O) groups is 1. The van der Waals surface area contributed by atoms with E-state index in [0.29, 0.717) is 25.5 Å². The summed E-state index contributed by atoms with van der Waals surface area (Å²) in [6.07, 6.45) is 1.38. The third kappa shape index (κ3) is 3.70. The first kappa shape index (κ1) is 12.8. The Bertz CT molecular complexity index is 405. The molecule has 5 heteroatoms. The van der Waals surface area contributed by atoms with Gasteiger partial charge in [0.05, 0.1) is 6.54 Å². The second-order valence-corrected chi connectivity index (χ2v) is 4.10. The smallest absolute Gasteiger partial charge is 0.249 e. The highest BCUT2D eigenvalue weighted by molar-refractivity contribution is 5.80. The van der Waals surface area contributed by atoms with Crippen molar-refractivity contribution in [3.8, 4) is 5.75 Å². The van der Waals surface area contributed by atoms with E-state index >= 15 is 0 Å². The number of benzene rings is 1. The van der Waals surface area contributed by atoms with Crippen LogP contribution in [0.15, 0.2) is 24.3 Å². The van der Waals surface area contributed by atoms with E-state index in [9.17, 15) is 9.18 Å². The normalized spacial score (nSPS) is 18.6. The van der Waals surface area contributed by atoms with E-state index in [2.05, 4.69) is 5.32 Å². The number of nitrogens with one attached hydrogen (secondary N) is 1. The third-order valence-electron chi connectivity index (χ3n) is 2.69. The molecule has 0 aliphatic carbocycles. The predicted molar refractivity (Wildman–Crippen MR) is 63.9 cm³/mol. The summed E-state index contributed by atoms with van der Waals surface area (Å²) >= 11 is 0. The Balaban J connectivity index is 1.65. The Morgan fingerprint density at radius 3 is 3.17 bits per heavy atom. The maximum absolute atomic E-state index is 12.8. The van der Waals surface area contributed by atoms with Crippen molar-refractivity contribution in [2.24, 2.45) is 0 Å². The number of amides is 1. The van der Waals surface area contributed by atoms with Crippen LogP contribution in [0.1, 0.15) is 12.8 Å². The van der Waals surface area contributed by atoms with Crippen molar-refractivity contribution in [3.05, 3.63) is 30.1 Å². The molecule has 0 spiro atoms. The van der Waals surface area contributed by atoms with E-state index in [0.717, 1.165) is 12.8 Å². The molecule has 4 nitrogen and oxygen atoms in total. The molecular weight excluding hydrogens is 237 g/mol. The van der Waals surface area contributed by atoms with Crippen LogP contribution in [0.3, 0.4) is 0 Å². The SMILES string of the molecule is O=C(NCCOc1cccc(F)c1)C1CCCO1. The van der Waals surface area contributed by atoms with E-state index in [1.807, 2.05) is 0 Å². The zero-order valence-electron chi connectivity index (χ0n) is 10.0. The standard InChI is InChI=1S/C13H16FNO3/c14-10-3-1-4-11(9-10)17-8-6-15-13(16)12-5-2-7-18-12/h1,3-4,9,12H,2,5-8H2,(H,15,16). The molecule has 1 saturated heterocycles. The molecule has 1 aromatic rings. The highest BCUT2D eigenvalue weighted by Crippen LogP contribution is 2.12. The summed E-state index contributed by atoms with van der Waals surface area (Å²) < 4.78 is 23.4. The number of halogens is 1. The molecule has 0 radical (unpaired) electrons. The molecule has 0 aromatic heterocycles. The zero-order chi connectivity index (χ0) is 12.8. The summed E-state index contributed by atoms with van der Waals surface area (Å²) in [5.41, 5.74) is 0. The molecule has 0 bridgehead atoms. The third-order valence-corrected chi connectivity index (χ3v) is 2.69. The van der Waals surface area contributed by atoms with Gasteiger partial charge in [-0.1, -0.05) is 6.07 Å². The summed E-state index contributed by atoms with van der Waals surface area (Å²) in [7, 11) is 0. The second-order valence-electron chi connectivity index (χ2n) is 4.10. The largest absolute Gasteiger partial charge is 0.492 e. The van der Waals surface area contributed by atoms with Crippen LogP contribution >= 0.6 is 0 Å². The summed E-state index contributed by atoms with van der Waals surface area (Å²) in [5, 5.41) is 2.73. The van der Waals surface area contributed by atoms with Gasteiger partial charge in [0.2, 0.25) is 5.91 Å². The lowest BCUT2D eigenvalue weighted by atomic mass is 10.2. The van der Waals surface area contributed by atoms with Gasteiger partial charge in [-0.3, -0.25) is 4.79 Å². The fourth-order valence-electron chi connectivity index (χ4n) is 1.80. The Morgan fingerprint density at radius 1 is 1.56 bits per heavy atom. The molecule has 1 heterocycles. The van der Waals surface area contributed by atoms with Crippen molar-refractivity contribution >= 4 is 5.91 Å². The van der Waals surface area contributed by atoms with Crippen molar-refractivity contribution in [1.82, 2.24) is 5.32 Å². The van der Waals surface area contributed by atoms with Crippen LogP contribution in [0.2, 0.25) is 0 Å². The van der Waals surface area contributed by atoms with Gasteiger partial charge in [-0.2, -0.15) is 0 Å². The van der Waals surface area contributed by atoms with Gasteiger partial charge in [0.25, 0.3) is 0 Å². The quantitative estimate of drug-likeness (QED) is 0.809. The van der Waals surface area contributed by atoms with Crippen LogP contribution in [-0.4, -0.2) is 31.8 Å². The second kappa shape index (κ2) is 6.35. The zero-order valence-corrected chi connectivity index (χ0v) is 10.0. The van der Waals surface area contributed by atoms with Gasteiger partial charge in [0, 0.05) is 12.7 Å². The number of carbonyl (C=O) groups excluding carboxylic acids is 1. The first-order valence-corrected chi connectivity index (χ1v) is 6.03. The molecule has 2 rings (SSSR count). The Morgan fingerprint density at radius 2 is 2.44 bits per heavy atom. The van der Waals surface area contributed by atoms with Gasteiger partial charge in [0.1, 0.15) is 24.3 Å². The molecule has 1 amide bonds. The first-order chi connectivity index (χ1) is 8.75. The van der Waals surface area contributed by atoms with E-state index in [4.69, 9.17) is 9.47 Å². The van der Waals surface area contributed by atoms with Crippen LogP contribution in [0.4, 0.5) is 4.39 Å². The fourth-order valence-corrected chi connectivity index (χ4v) is 1.80. The average Bonchev–Trinajstić information content (AvgIpc) is 2.88. The monoisotopic (exact) mass is 253 g/mol. The summed E-state index contributed by atoms with van der Waals surface area (Å²) in [6, 6.07) is 5.91. The molecular formula is C13H16FNO3. The van der Waals surface area contributed by atoms with Crippen LogP contribution in [0.25, 0.3) is 0 Å². The molecule has 1 N–H and O–H groups in total. The van der Waals surface area contributed by atoms with Crippen molar-refractivity contribution < 1.29 is 18.7 Å². The van der Waals surface area contributed by atoms with Crippen molar-refractivity contribution in [2.75, 3.05) is 19.8 Å². The Kier molecular flexibility index (Phi) is 4.52. The minimum atomic E-state index is -0.337. The molecule has 1 aliphatic rings. The highest BCUT2D eigenvalue weighted by atomic mass is 19.1. The molecule has 1 fully saturated rings. The molecule has 1 aromatic carbocycles. The molecule has 1 aliphatic heterocycles. The predicted octanol–water partition coefficient (Wildman–Crippen LogP) is 1.50. The van der Waals surface area contributed by atoms with Gasteiger partial charge in [-0.05, 0) is 25.0 Å². The number of hydrogen-bond acceptors (Lipinski definition) is 3. The summed E-state index contributed by atoms with van der Waals surface area (Å²) in [6.45, 7) is 1.34. The maximum atomic E-state index is 12.8. The van der Waals surface area contributed by atoms with Crippen molar-refractivity contribution in [3.63, 3.8) is 0 Å². The number of rotatable bonds is 5. The van der Waals surface area contributed by atoms with Gasteiger partial charge in [-0.15, -0.1) is 0 Å². The highest BCUT2D eigenvalue weighted by Gasteiger charge is 2.22. The van der Waals surface area contributed by atoms with Crippen LogP contribution in [-0.2, 0) is 9.53 Å². The van der Waals surface area contributed by atoms with E-state index < -0.39 is 0 Å². The molecule has 1 unspecified atom stereocenters. The molecule has 98 valence electrons. The molecule has 0 saturated carbocycles. The first-order valence-electron chi connectivity index (χ1n) is 6.03. The Labute approximate surface area is 105 Å². The van der Waals surface area contributed by atoms with Crippen molar-refractivity contribution in [1.29, 1.82) is 0 Å². The summed E-state index contributed by atoms with van der Waals surface area (Å²) in [4.78, 5) is 11.6. The van der Waals surface area contributed by atoms with Crippen LogP contribution < -0.4 is 10.1 Å². The molecule has 1 atom stereocenters. The number of ether oxygens (including phenoxy) is 2. The lowest BCUT2D eigenvalue weighted by Gasteiger charge is -2.11.